The third-order valence-electron chi connectivity index (χ3n) is 2.80. The highest BCUT2D eigenvalue weighted by atomic mass is 16.4. The van der Waals surface area contributed by atoms with E-state index >= 15 is 0 Å². The van der Waals surface area contributed by atoms with Crippen molar-refractivity contribution in [2.45, 2.75) is 6.92 Å². The molecule has 5 nitrogen and oxygen atoms in total. The number of nitrogens with one attached hydrogen (secondary N) is 1. The average molecular weight is 270 g/mol. The van der Waals surface area contributed by atoms with Crippen LogP contribution in [0.15, 0.2) is 42.5 Å². The van der Waals surface area contributed by atoms with Crippen molar-refractivity contribution in [3.8, 4) is 0 Å². The third-order valence-corrected chi connectivity index (χ3v) is 2.80. The molecule has 102 valence electrons. The van der Waals surface area contributed by atoms with E-state index < -0.39 is 5.97 Å². The second-order valence-corrected chi connectivity index (χ2v) is 4.43. The number of benzene rings is 2. The summed E-state index contributed by atoms with van der Waals surface area (Å²) in [4.78, 5) is 23.2. The van der Waals surface area contributed by atoms with Crippen LogP contribution in [0.4, 0.5) is 11.4 Å². The molecule has 2 aromatic rings. The molecule has 2 aromatic carbocycles. The smallest absolute Gasteiger partial charge is 0.337 e. The molecule has 2 rings (SSSR count). The Morgan fingerprint density at radius 2 is 1.90 bits per heavy atom. The highest BCUT2D eigenvalue weighted by molar-refractivity contribution is 6.08. The highest BCUT2D eigenvalue weighted by Gasteiger charge is 2.14. The van der Waals surface area contributed by atoms with E-state index in [1.54, 1.807) is 18.2 Å². The number of aromatic carboxylic acids is 1. The zero-order valence-corrected chi connectivity index (χ0v) is 10.9. The molecule has 1 amide bonds. The summed E-state index contributed by atoms with van der Waals surface area (Å²) in [6.07, 6.45) is 0. The largest absolute Gasteiger partial charge is 0.478 e. The molecule has 0 saturated heterocycles. The summed E-state index contributed by atoms with van der Waals surface area (Å²) in [5, 5.41) is 11.7. The lowest BCUT2D eigenvalue weighted by molar-refractivity contribution is 0.0698. The lowest BCUT2D eigenvalue weighted by Gasteiger charge is -2.09. The molecule has 0 heterocycles. The SMILES string of the molecule is Cc1cccc(C(=O)Nc2ccc(N)cc2C(=O)O)c1. The van der Waals surface area contributed by atoms with Crippen molar-refractivity contribution in [3.63, 3.8) is 0 Å². The molecule has 0 spiro atoms. The van der Waals surface area contributed by atoms with Crippen LogP contribution in [0.3, 0.4) is 0 Å². The van der Waals surface area contributed by atoms with Crippen molar-refractivity contribution in [1.29, 1.82) is 0 Å². The second-order valence-electron chi connectivity index (χ2n) is 4.43. The van der Waals surface area contributed by atoms with Gasteiger partial charge in [0.1, 0.15) is 0 Å². The van der Waals surface area contributed by atoms with Crippen molar-refractivity contribution in [2.75, 3.05) is 11.1 Å². The Morgan fingerprint density at radius 1 is 1.15 bits per heavy atom. The number of nitrogen functional groups attached to an aromatic ring is 1. The Labute approximate surface area is 116 Å². The van der Waals surface area contributed by atoms with Crippen LogP contribution in [0.25, 0.3) is 0 Å². The Hall–Kier alpha value is -2.82. The van der Waals surface area contributed by atoms with Crippen LogP contribution in [0.2, 0.25) is 0 Å². The van der Waals surface area contributed by atoms with Gasteiger partial charge in [-0.25, -0.2) is 4.79 Å². The van der Waals surface area contributed by atoms with E-state index in [0.717, 1.165) is 5.56 Å². The van der Waals surface area contributed by atoms with E-state index in [1.807, 2.05) is 13.0 Å². The van der Waals surface area contributed by atoms with E-state index in [-0.39, 0.29) is 17.2 Å². The Balaban J connectivity index is 2.30. The maximum absolute atomic E-state index is 12.1. The monoisotopic (exact) mass is 270 g/mol. The van der Waals surface area contributed by atoms with Crippen LogP contribution in [0.1, 0.15) is 26.3 Å². The molecule has 20 heavy (non-hydrogen) atoms. The first-order valence-corrected chi connectivity index (χ1v) is 5.98. The normalized spacial score (nSPS) is 10.1. The fourth-order valence-electron chi connectivity index (χ4n) is 1.83. The van der Waals surface area contributed by atoms with E-state index in [9.17, 15) is 9.59 Å². The highest BCUT2D eigenvalue weighted by Crippen LogP contribution is 2.20. The molecule has 0 aliphatic rings. The Bertz CT molecular complexity index is 681. The number of nitrogens with two attached hydrogens (primary N) is 1. The van der Waals surface area contributed by atoms with Gasteiger partial charge < -0.3 is 16.2 Å². The van der Waals surface area contributed by atoms with Gasteiger partial charge in [-0.3, -0.25) is 4.79 Å². The van der Waals surface area contributed by atoms with Gasteiger partial charge in [0.15, 0.2) is 0 Å². The minimum absolute atomic E-state index is 0.0361. The summed E-state index contributed by atoms with van der Waals surface area (Å²) in [5.74, 6) is -1.50. The number of rotatable bonds is 3. The number of carboxylic acid groups (broad SMARTS) is 1. The Morgan fingerprint density at radius 3 is 2.55 bits per heavy atom. The number of carbonyl (C=O) groups is 2. The van der Waals surface area contributed by atoms with Crippen LogP contribution in [-0.2, 0) is 0 Å². The molecule has 0 atom stereocenters. The maximum atomic E-state index is 12.1. The van der Waals surface area contributed by atoms with Crippen molar-refractivity contribution in [3.05, 3.63) is 59.2 Å². The molecule has 0 saturated carbocycles. The minimum Gasteiger partial charge on any atom is -0.478 e. The Kier molecular flexibility index (Phi) is 3.70. The second kappa shape index (κ2) is 5.44. The first-order chi connectivity index (χ1) is 9.47. The number of hydrogen-bond acceptors (Lipinski definition) is 3. The standard InChI is InChI=1S/C15H14N2O3/c1-9-3-2-4-10(7-9)14(18)17-13-6-5-11(16)8-12(13)15(19)20/h2-8H,16H2,1H3,(H,17,18)(H,19,20). The van der Waals surface area contributed by atoms with Gasteiger partial charge in [-0.1, -0.05) is 17.7 Å². The third kappa shape index (κ3) is 2.95. The van der Waals surface area contributed by atoms with Crippen LogP contribution >= 0.6 is 0 Å². The van der Waals surface area contributed by atoms with Crippen LogP contribution in [0, 0.1) is 6.92 Å². The molecule has 0 aliphatic heterocycles. The van der Waals surface area contributed by atoms with Gasteiger partial charge in [-0.15, -0.1) is 0 Å². The van der Waals surface area contributed by atoms with E-state index in [2.05, 4.69) is 5.32 Å². The van der Waals surface area contributed by atoms with Gasteiger partial charge in [0.05, 0.1) is 11.3 Å². The van der Waals surface area contributed by atoms with E-state index in [0.29, 0.717) is 11.3 Å². The minimum atomic E-state index is -1.14. The number of carbonyl (C=O) groups excluding carboxylic acids is 1. The molecule has 0 unspecified atom stereocenters. The fourth-order valence-corrected chi connectivity index (χ4v) is 1.83. The van der Waals surface area contributed by atoms with Gasteiger partial charge in [0, 0.05) is 11.3 Å². The number of anilines is 2. The quantitative estimate of drug-likeness (QED) is 0.747. The van der Waals surface area contributed by atoms with E-state index in [1.165, 1.54) is 18.2 Å². The first kappa shape index (κ1) is 13.6. The van der Waals surface area contributed by atoms with Crippen molar-refractivity contribution < 1.29 is 14.7 Å². The summed E-state index contributed by atoms with van der Waals surface area (Å²) in [6, 6.07) is 11.4. The lowest BCUT2D eigenvalue weighted by Crippen LogP contribution is -2.15. The zero-order valence-electron chi connectivity index (χ0n) is 10.9. The maximum Gasteiger partial charge on any atom is 0.337 e. The van der Waals surface area contributed by atoms with Gasteiger partial charge in [0.25, 0.3) is 5.91 Å². The summed E-state index contributed by atoms with van der Waals surface area (Å²) >= 11 is 0. The lowest BCUT2D eigenvalue weighted by atomic mass is 10.1. The fraction of sp³-hybridized carbons (Fsp3) is 0.0667. The molecule has 0 aromatic heterocycles. The predicted octanol–water partition coefficient (Wildman–Crippen LogP) is 2.53. The molecular formula is C15H14N2O3. The topological polar surface area (TPSA) is 92.4 Å². The number of amides is 1. The van der Waals surface area contributed by atoms with Crippen LogP contribution < -0.4 is 11.1 Å². The van der Waals surface area contributed by atoms with Crippen LogP contribution in [0.5, 0.6) is 0 Å². The average Bonchev–Trinajstić information content (AvgIpc) is 2.40. The zero-order chi connectivity index (χ0) is 14.7. The molecule has 0 radical (unpaired) electrons. The molecule has 0 aliphatic carbocycles. The number of aryl methyl sites for hydroxylation is 1. The summed E-state index contributed by atoms with van der Waals surface area (Å²) in [6.45, 7) is 1.88. The molecular weight excluding hydrogens is 256 g/mol. The molecule has 0 fully saturated rings. The van der Waals surface area contributed by atoms with Crippen molar-refractivity contribution in [1.82, 2.24) is 0 Å². The first-order valence-electron chi connectivity index (χ1n) is 5.98. The number of hydrogen-bond donors (Lipinski definition) is 3. The van der Waals surface area contributed by atoms with Gasteiger partial charge in [-0.2, -0.15) is 0 Å². The van der Waals surface area contributed by atoms with Gasteiger partial charge in [0.2, 0.25) is 0 Å². The molecule has 5 heteroatoms. The van der Waals surface area contributed by atoms with E-state index in [4.69, 9.17) is 10.8 Å². The molecule has 4 N–H and O–H groups in total. The summed E-state index contributed by atoms with van der Waals surface area (Å²) < 4.78 is 0. The predicted molar refractivity (Wildman–Crippen MR) is 76.9 cm³/mol. The van der Waals surface area contributed by atoms with Gasteiger partial charge in [-0.05, 0) is 37.3 Å². The molecule has 0 bridgehead atoms. The van der Waals surface area contributed by atoms with Crippen molar-refractivity contribution in [2.24, 2.45) is 0 Å². The number of carboxylic acids is 1. The van der Waals surface area contributed by atoms with Gasteiger partial charge >= 0.3 is 5.97 Å². The summed E-state index contributed by atoms with van der Waals surface area (Å²) in [5.41, 5.74) is 7.49. The van der Waals surface area contributed by atoms with Crippen LogP contribution in [-0.4, -0.2) is 17.0 Å². The summed E-state index contributed by atoms with van der Waals surface area (Å²) in [7, 11) is 0. The van der Waals surface area contributed by atoms with Crippen molar-refractivity contribution >= 4 is 23.3 Å².